The van der Waals surface area contributed by atoms with E-state index >= 15 is 0 Å². The summed E-state index contributed by atoms with van der Waals surface area (Å²) in [7, 11) is 2.08. The fraction of sp³-hybridized carbons (Fsp3) is 0.130. The minimum atomic E-state index is 0.111. The third kappa shape index (κ3) is 3.96. The summed E-state index contributed by atoms with van der Waals surface area (Å²) >= 11 is 0. The van der Waals surface area contributed by atoms with Crippen LogP contribution in [-0.2, 0) is 6.54 Å². The Hall–Kier alpha value is -3.24. The molecule has 0 radical (unpaired) electrons. The zero-order valence-electron chi connectivity index (χ0n) is 15.2. The van der Waals surface area contributed by atoms with Crippen LogP contribution in [0.15, 0.2) is 95.4 Å². The highest BCUT2D eigenvalue weighted by Crippen LogP contribution is 2.29. The van der Waals surface area contributed by atoms with Crippen LogP contribution < -0.4 is 0 Å². The highest BCUT2D eigenvalue weighted by Gasteiger charge is 2.21. The van der Waals surface area contributed by atoms with Gasteiger partial charge in [-0.15, -0.1) is 10.2 Å². The Balaban J connectivity index is 1.59. The van der Waals surface area contributed by atoms with E-state index in [1.807, 2.05) is 42.5 Å². The molecule has 0 amide bonds. The zero-order valence-corrected chi connectivity index (χ0v) is 15.2. The van der Waals surface area contributed by atoms with Gasteiger partial charge in [-0.3, -0.25) is 4.90 Å². The van der Waals surface area contributed by atoms with Crippen molar-refractivity contribution in [3.8, 4) is 11.5 Å². The number of benzene rings is 3. The molecule has 0 atom stereocenters. The minimum Gasteiger partial charge on any atom is -0.419 e. The zero-order chi connectivity index (χ0) is 18.5. The molecule has 0 fully saturated rings. The number of nitrogens with zero attached hydrogens (tertiary/aromatic N) is 3. The molecule has 27 heavy (non-hydrogen) atoms. The first-order valence-electron chi connectivity index (χ1n) is 8.99. The molecule has 3 aromatic carbocycles. The van der Waals surface area contributed by atoms with Crippen LogP contribution >= 0.6 is 0 Å². The molecular formula is C23H21N3O. The second-order valence-electron chi connectivity index (χ2n) is 6.51. The molecule has 4 heteroatoms. The molecule has 1 heterocycles. The highest BCUT2D eigenvalue weighted by atomic mass is 16.4. The van der Waals surface area contributed by atoms with Gasteiger partial charge in [-0.1, -0.05) is 78.9 Å². The van der Waals surface area contributed by atoms with E-state index in [9.17, 15) is 0 Å². The first-order chi connectivity index (χ1) is 13.3. The second-order valence-corrected chi connectivity index (χ2v) is 6.51. The van der Waals surface area contributed by atoms with Crippen molar-refractivity contribution in [2.45, 2.75) is 12.6 Å². The van der Waals surface area contributed by atoms with Gasteiger partial charge in [0.15, 0.2) is 0 Å². The van der Waals surface area contributed by atoms with Crippen LogP contribution in [0.4, 0.5) is 0 Å². The van der Waals surface area contributed by atoms with Crippen molar-refractivity contribution in [1.82, 2.24) is 15.1 Å². The standard InChI is InChI=1S/C23H21N3O/c1-26(17-21-24-25-23(27-21)20-15-9-4-10-16-20)22(18-11-5-2-6-12-18)19-13-7-3-8-14-19/h2-16,22H,17H2,1H3. The normalized spacial score (nSPS) is 11.2. The van der Waals surface area contributed by atoms with Crippen molar-refractivity contribution < 1.29 is 4.42 Å². The van der Waals surface area contributed by atoms with Crippen molar-refractivity contribution in [2.75, 3.05) is 7.05 Å². The van der Waals surface area contributed by atoms with Gasteiger partial charge in [-0.25, -0.2) is 0 Å². The molecule has 0 bridgehead atoms. The second kappa shape index (κ2) is 7.98. The van der Waals surface area contributed by atoms with Crippen LogP contribution in [0.3, 0.4) is 0 Å². The quantitative estimate of drug-likeness (QED) is 0.490. The lowest BCUT2D eigenvalue weighted by atomic mass is 9.97. The number of hydrogen-bond acceptors (Lipinski definition) is 4. The summed E-state index contributed by atoms with van der Waals surface area (Å²) in [5.74, 6) is 1.16. The number of aromatic nitrogens is 2. The Morgan fingerprint density at radius 2 is 1.26 bits per heavy atom. The van der Waals surface area contributed by atoms with Crippen LogP contribution in [0.25, 0.3) is 11.5 Å². The molecule has 0 unspecified atom stereocenters. The van der Waals surface area contributed by atoms with E-state index in [0.29, 0.717) is 18.3 Å². The molecule has 4 aromatic rings. The van der Waals surface area contributed by atoms with E-state index in [0.717, 1.165) is 5.56 Å². The van der Waals surface area contributed by atoms with Crippen molar-refractivity contribution in [2.24, 2.45) is 0 Å². The third-order valence-corrected chi connectivity index (χ3v) is 4.54. The molecule has 4 rings (SSSR count). The predicted octanol–water partition coefficient (Wildman–Crippen LogP) is 4.96. The minimum absolute atomic E-state index is 0.111. The molecule has 134 valence electrons. The van der Waals surface area contributed by atoms with Gasteiger partial charge in [0.1, 0.15) is 0 Å². The number of rotatable bonds is 6. The van der Waals surface area contributed by atoms with Crippen LogP contribution in [-0.4, -0.2) is 22.1 Å². The van der Waals surface area contributed by atoms with Crippen LogP contribution in [0.5, 0.6) is 0 Å². The smallest absolute Gasteiger partial charge is 0.247 e. The summed E-state index contributed by atoms with van der Waals surface area (Å²) in [6.45, 7) is 0.564. The summed E-state index contributed by atoms with van der Waals surface area (Å²) in [4.78, 5) is 2.23. The Labute approximate surface area is 159 Å². The van der Waals surface area contributed by atoms with Crippen molar-refractivity contribution in [1.29, 1.82) is 0 Å². The molecule has 0 aliphatic heterocycles. The summed E-state index contributed by atoms with van der Waals surface area (Å²) in [5, 5.41) is 8.44. The lowest BCUT2D eigenvalue weighted by Gasteiger charge is -2.27. The first-order valence-corrected chi connectivity index (χ1v) is 8.99. The molecular weight excluding hydrogens is 334 g/mol. The van der Waals surface area contributed by atoms with Gasteiger partial charge in [-0.05, 0) is 30.3 Å². The van der Waals surface area contributed by atoms with Gasteiger partial charge in [-0.2, -0.15) is 0 Å². The van der Waals surface area contributed by atoms with Crippen molar-refractivity contribution in [3.05, 3.63) is 108 Å². The van der Waals surface area contributed by atoms with E-state index in [1.54, 1.807) is 0 Å². The average molecular weight is 355 g/mol. The van der Waals surface area contributed by atoms with E-state index in [-0.39, 0.29) is 6.04 Å². The van der Waals surface area contributed by atoms with Crippen LogP contribution in [0.1, 0.15) is 23.1 Å². The van der Waals surface area contributed by atoms with Gasteiger partial charge in [0.05, 0.1) is 12.6 Å². The monoisotopic (exact) mass is 355 g/mol. The Morgan fingerprint density at radius 3 is 1.81 bits per heavy atom. The predicted molar refractivity (Wildman–Crippen MR) is 106 cm³/mol. The van der Waals surface area contributed by atoms with Gasteiger partial charge in [0.25, 0.3) is 0 Å². The maximum atomic E-state index is 5.90. The van der Waals surface area contributed by atoms with Crippen LogP contribution in [0, 0.1) is 0 Å². The van der Waals surface area contributed by atoms with E-state index < -0.39 is 0 Å². The maximum Gasteiger partial charge on any atom is 0.247 e. The number of hydrogen-bond donors (Lipinski definition) is 0. The largest absolute Gasteiger partial charge is 0.419 e. The first kappa shape index (κ1) is 17.2. The lowest BCUT2D eigenvalue weighted by Crippen LogP contribution is -2.25. The molecule has 4 nitrogen and oxygen atoms in total. The van der Waals surface area contributed by atoms with Gasteiger partial charge < -0.3 is 4.42 Å². The molecule has 0 aliphatic rings. The molecule has 0 aliphatic carbocycles. The fourth-order valence-corrected chi connectivity index (χ4v) is 3.29. The molecule has 0 saturated carbocycles. The van der Waals surface area contributed by atoms with E-state index in [4.69, 9.17) is 4.42 Å². The van der Waals surface area contributed by atoms with Gasteiger partial charge >= 0.3 is 0 Å². The molecule has 0 spiro atoms. The topological polar surface area (TPSA) is 42.2 Å². The Kier molecular flexibility index (Phi) is 5.08. The van der Waals surface area contributed by atoms with E-state index in [2.05, 4.69) is 70.7 Å². The molecule has 0 saturated heterocycles. The summed E-state index contributed by atoms with van der Waals surface area (Å²) < 4.78 is 5.90. The highest BCUT2D eigenvalue weighted by molar-refractivity contribution is 5.51. The fourth-order valence-electron chi connectivity index (χ4n) is 3.29. The molecule has 0 N–H and O–H groups in total. The maximum absolute atomic E-state index is 5.90. The van der Waals surface area contributed by atoms with E-state index in [1.165, 1.54) is 11.1 Å². The average Bonchev–Trinajstić information content (AvgIpc) is 3.19. The Morgan fingerprint density at radius 1 is 0.741 bits per heavy atom. The van der Waals surface area contributed by atoms with Gasteiger partial charge in [0.2, 0.25) is 11.8 Å². The van der Waals surface area contributed by atoms with Crippen molar-refractivity contribution in [3.63, 3.8) is 0 Å². The summed E-state index contributed by atoms with van der Waals surface area (Å²) in [6.07, 6.45) is 0. The van der Waals surface area contributed by atoms with Gasteiger partial charge in [0, 0.05) is 5.56 Å². The SMILES string of the molecule is CN(Cc1nnc(-c2ccccc2)o1)C(c1ccccc1)c1ccccc1. The summed E-state index contributed by atoms with van der Waals surface area (Å²) in [5.41, 5.74) is 3.39. The Bertz CT molecular complexity index is 929. The van der Waals surface area contributed by atoms with Crippen LogP contribution in [0.2, 0.25) is 0 Å². The summed E-state index contributed by atoms with van der Waals surface area (Å²) in [6, 6.07) is 30.9. The third-order valence-electron chi connectivity index (χ3n) is 4.54. The molecule has 1 aromatic heterocycles. The lowest BCUT2D eigenvalue weighted by molar-refractivity contribution is 0.243. The van der Waals surface area contributed by atoms with Crippen molar-refractivity contribution >= 4 is 0 Å².